The summed E-state index contributed by atoms with van der Waals surface area (Å²) in [5.74, 6) is 1.91. The zero-order valence-electron chi connectivity index (χ0n) is 12.8. The summed E-state index contributed by atoms with van der Waals surface area (Å²) in [7, 11) is 1.78. The van der Waals surface area contributed by atoms with Gasteiger partial charge in [0.25, 0.3) is 0 Å². The van der Waals surface area contributed by atoms with Crippen molar-refractivity contribution in [2.75, 3.05) is 31.7 Å². The molecule has 0 unspecified atom stereocenters. The fourth-order valence-corrected chi connectivity index (χ4v) is 3.26. The molecule has 3 nitrogen and oxygen atoms in total. The van der Waals surface area contributed by atoms with E-state index in [1.54, 1.807) is 7.11 Å². The third-order valence-corrected chi connectivity index (χ3v) is 4.39. The van der Waals surface area contributed by atoms with Crippen molar-refractivity contribution in [1.82, 2.24) is 4.98 Å². The summed E-state index contributed by atoms with van der Waals surface area (Å²) in [6, 6.07) is 12.7. The van der Waals surface area contributed by atoms with Crippen molar-refractivity contribution in [2.45, 2.75) is 25.7 Å². The number of benzene rings is 1. The lowest BCUT2D eigenvalue weighted by atomic mass is 9.93. The summed E-state index contributed by atoms with van der Waals surface area (Å²) in [5, 5.41) is 1.22. The number of para-hydroxylation sites is 1. The van der Waals surface area contributed by atoms with E-state index in [1.165, 1.54) is 31.1 Å². The van der Waals surface area contributed by atoms with Gasteiger partial charge in [0.15, 0.2) is 0 Å². The van der Waals surface area contributed by atoms with E-state index in [0.717, 1.165) is 36.9 Å². The fraction of sp³-hybridized carbons (Fsp3) is 0.500. The molecule has 1 atom stereocenters. The fourth-order valence-electron chi connectivity index (χ4n) is 3.26. The molecule has 1 aliphatic heterocycles. The zero-order chi connectivity index (χ0) is 14.5. The first-order valence-corrected chi connectivity index (χ1v) is 7.96. The Balaban J connectivity index is 1.69. The van der Waals surface area contributed by atoms with Crippen LogP contribution in [0.2, 0.25) is 0 Å². The molecule has 0 amide bonds. The van der Waals surface area contributed by atoms with Crippen LogP contribution in [0.25, 0.3) is 10.9 Å². The van der Waals surface area contributed by atoms with Crippen molar-refractivity contribution in [2.24, 2.45) is 5.92 Å². The van der Waals surface area contributed by atoms with Crippen molar-refractivity contribution >= 4 is 16.7 Å². The van der Waals surface area contributed by atoms with E-state index in [2.05, 4.69) is 41.3 Å². The maximum Gasteiger partial charge on any atom is 0.129 e. The average Bonchev–Trinajstić information content (AvgIpc) is 2.55. The first-order valence-electron chi connectivity index (χ1n) is 7.96. The van der Waals surface area contributed by atoms with Gasteiger partial charge in [0.1, 0.15) is 5.82 Å². The molecule has 0 bridgehead atoms. The van der Waals surface area contributed by atoms with Gasteiger partial charge in [-0.15, -0.1) is 0 Å². The highest BCUT2D eigenvalue weighted by atomic mass is 16.5. The molecule has 0 aliphatic carbocycles. The Hall–Kier alpha value is -1.61. The van der Waals surface area contributed by atoms with Gasteiger partial charge in [0, 0.05) is 32.2 Å². The number of piperidine rings is 1. The van der Waals surface area contributed by atoms with Gasteiger partial charge in [-0.05, 0) is 49.8 Å². The van der Waals surface area contributed by atoms with E-state index in [1.807, 2.05) is 0 Å². The van der Waals surface area contributed by atoms with Crippen molar-refractivity contribution in [3.8, 4) is 0 Å². The Bertz CT molecular complexity index is 584. The summed E-state index contributed by atoms with van der Waals surface area (Å²) >= 11 is 0. The highest BCUT2D eigenvalue weighted by Gasteiger charge is 2.20. The Morgan fingerprint density at radius 1 is 1.24 bits per heavy atom. The molecule has 21 heavy (non-hydrogen) atoms. The third-order valence-electron chi connectivity index (χ3n) is 4.39. The maximum absolute atomic E-state index is 5.17. The van der Waals surface area contributed by atoms with Crippen LogP contribution in [0.1, 0.15) is 25.7 Å². The molecule has 2 aromatic rings. The van der Waals surface area contributed by atoms with Crippen LogP contribution in [-0.4, -0.2) is 31.8 Å². The zero-order valence-corrected chi connectivity index (χ0v) is 12.8. The highest BCUT2D eigenvalue weighted by Crippen LogP contribution is 2.26. The van der Waals surface area contributed by atoms with E-state index in [-0.39, 0.29) is 0 Å². The minimum Gasteiger partial charge on any atom is -0.385 e. The minimum absolute atomic E-state index is 0.780. The number of fused-ring (bicyclic) bond motifs is 1. The Morgan fingerprint density at radius 3 is 3.05 bits per heavy atom. The van der Waals surface area contributed by atoms with Crippen molar-refractivity contribution in [3.63, 3.8) is 0 Å². The lowest BCUT2D eigenvalue weighted by Crippen LogP contribution is -2.36. The molecule has 0 spiro atoms. The summed E-state index contributed by atoms with van der Waals surface area (Å²) in [4.78, 5) is 7.28. The van der Waals surface area contributed by atoms with Crippen LogP contribution in [0, 0.1) is 5.92 Å². The van der Waals surface area contributed by atoms with Crippen LogP contribution in [0.5, 0.6) is 0 Å². The number of anilines is 1. The molecule has 3 rings (SSSR count). The molecular weight excluding hydrogens is 260 g/mol. The lowest BCUT2D eigenvalue weighted by molar-refractivity contribution is 0.184. The molecule has 3 heteroatoms. The number of nitrogens with zero attached hydrogens (tertiary/aromatic N) is 2. The number of hydrogen-bond acceptors (Lipinski definition) is 3. The van der Waals surface area contributed by atoms with Crippen LogP contribution < -0.4 is 4.90 Å². The van der Waals surface area contributed by atoms with E-state index < -0.39 is 0 Å². The van der Waals surface area contributed by atoms with Gasteiger partial charge in [-0.1, -0.05) is 18.2 Å². The number of ether oxygens (including phenoxy) is 1. The number of rotatable bonds is 5. The van der Waals surface area contributed by atoms with Gasteiger partial charge < -0.3 is 9.64 Å². The number of aromatic nitrogens is 1. The Labute approximate surface area is 126 Å². The number of hydrogen-bond donors (Lipinski definition) is 0. The summed E-state index contributed by atoms with van der Waals surface area (Å²) in [5.41, 5.74) is 1.09. The molecule has 1 aromatic heterocycles. The molecule has 0 N–H and O–H groups in total. The first kappa shape index (κ1) is 14.3. The minimum atomic E-state index is 0.780. The van der Waals surface area contributed by atoms with E-state index in [0.29, 0.717) is 0 Å². The lowest BCUT2D eigenvalue weighted by Gasteiger charge is -2.33. The Morgan fingerprint density at radius 2 is 2.14 bits per heavy atom. The van der Waals surface area contributed by atoms with Crippen LogP contribution in [-0.2, 0) is 4.74 Å². The average molecular weight is 284 g/mol. The molecule has 1 fully saturated rings. The normalized spacial score (nSPS) is 19.1. The van der Waals surface area contributed by atoms with Gasteiger partial charge in [-0.25, -0.2) is 4.98 Å². The molecule has 2 heterocycles. The van der Waals surface area contributed by atoms with Crippen LogP contribution in [0.4, 0.5) is 5.82 Å². The number of pyridine rings is 1. The standard InChI is InChI=1S/C18H24N2O/c1-21-13-5-7-15-6-4-12-20(14-15)18-11-10-16-8-2-3-9-17(16)19-18/h2-3,8-11,15H,4-7,12-14H2,1H3/t15-/m1/s1. The summed E-state index contributed by atoms with van der Waals surface area (Å²) in [6.07, 6.45) is 5.04. The second-order valence-corrected chi connectivity index (χ2v) is 5.95. The largest absolute Gasteiger partial charge is 0.385 e. The SMILES string of the molecule is COCCC[C@H]1CCCN(c2ccc3ccccc3n2)C1. The van der Waals surface area contributed by atoms with Gasteiger partial charge >= 0.3 is 0 Å². The van der Waals surface area contributed by atoms with E-state index in [9.17, 15) is 0 Å². The van der Waals surface area contributed by atoms with E-state index in [4.69, 9.17) is 9.72 Å². The molecule has 1 saturated heterocycles. The smallest absolute Gasteiger partial charge is 0.129 e. The summed E-state index contributed by atoms with van der Waals surface area (Å²) < 4.78 is 5.17. The van der Waals surface area contributed by atoms with Crippen LogP contribution in [0.3, 0.4) is 0 Å². The Kier molecular flexibility index (Phi) is 4.71. The van der Waals surface area contributed by atoms with Gasteiger partial charge in [-0.3, -0.25) is 0 Å². The van der Waals surface area contributed by atoms with E-state index >= 15 is 0 Å². The van der Waals surface area contributed by atoms with Crippen molar-refractivity contribution in [1.29, 1.82) is 0 Å². The van der Waals surface area contributed by atoms with Gasteiger partial charge in [0.05, 0.1) is 5.52 Å². The predicted molar refractivity (Wildman–Crippen MR) is 87.8 cm³/mol. The topological polar surface area (TPSA) is 25.4 Å². The highest BCUT2D eigenvalue weighted by molar-refractivity contribution is 5.80. The molecule has 0 saturated carbocycles. The molecule has 0 radical (unpaired) electrons. The molecule has 112 valence electrons. The predicted octanol–water partition coefficient (Wildman–Crippen LogP) is 3.88. The monoisotopic (exact) mass is 284 g/mol. The van der Waals surface area contributed by atoms with Gasteiger partial charge in [0.2, 0.25) is 0 Å². The molecule has 1 aromatic carbocycles. The van der Waals surface area contributed by atoms with Crippen molar-refractivity contribution < 1.29 is 4.74 Å². The first-order chi connectivity index (χ1) is 10.4. The number of methoxy groups -OCH3 is 1. The van der Waals surface area contributed by atoms with Crippen LogP contribution >= 0.6 is 0 Å². The van der Waals surface area contributed by atoms with Gasteiger partial charge in [-0.2, -0.15) is 0 Å². The maximum atomic E-state index is 5.17. The summed E-state index contributed by atoms with van der Waals surface area (Å²) in [6.45, 7) is 3.14. The molecular formula is C18H24N2O. The second kappa shape index (κ2) is 6.90. The second-order valence-electron chi connectivity index (χ2n) is 5.95. The molecule has 1 aliphatic rings. The third kappa shape index (κ3) is 3.53. The van der Waals surface area contributed by atoms with Crippen LogP contribution in [0.15, 0.2) is 36.4 Å². The van der Waals surface area contributed by atoms with Crippen molar-refractivity contribution in [3.05, 3.63) is 36.4 Å². The quantitative estimate of drug-likeness (QED) is 0.779.